The van der Waals surface area contributed by atoms with E-state index in [0.717, 1.165) is 16.7 Å². The Morgan fingerprint density at radius 3 is 2.78 bits per heavy atom. The van der Waals surface area contributed by atoms with E-state index in [4.69, 9.17) is 0 Å². The molecule has 0 amide bonds. The lowest BCUT2D eigenvalue weighted by molar-refractivity contribution is 0.545. The van der Waals surface area contributed by atoms with Crippen LogP contribution in [0.25, 0.3) is 6.08 Å². The van der Waals surface area contributed by atoms with Crippen LogP contribution in [0.1, 0.15) is 32.9 Å². The molecule has 0 saturated heterocycles. The lowest BCUT2D eigenvalue weighted by Gasteiger charge is -2.23. The van der Waals surface area contributed by atoms with Crippen molar-refractivity contribution in [2.75, 3.05) is 6.54 Å². The van der Waals surface area contributed by atoms with Gasteiger partial charge in [0.1, 0.15) is 9.35 Å². The molecule has 1 rings (SSSR count). The van der Waals surface area contributed by atoms with E-state index in [2.05, 4.69) is 25.6 Å². The third-order valence-corrected chi connectivity index (χ3v) is 4.15. The fraction of sp³-hybridized carbons (Fsp3) is 0.462. The Balaban J connectivity index is 2.30. The van der Waals surface area contributed by atoms with E-state index in [1.165, 1.54) is 0 Å². The molecule has 1 atom stereocenters. The summed E-state index contributed by atoms with van der Waals surface area (Å²) in [6.07, 6.45) is 4.82. The zero-order chi connectivity index (χ0) is 13.6. The van der Waals surface area contributed by atoms with Gasteiger partial charge in [-0.2, -0.15) is 0 Å². The fourth-order valence-electron chi connectivity index (χ4n) is 1.17. The highest BCUT2D eigenvalue weighted by atomic mass is 79.9. The Morgan fingerprint density at radius 2 is 2.17 bits per heavy atom. The van der Waals surface area contributed by atoms with Crippen LogP contribution in [-0.4, -0.2) is 20.8 Å². The summed E-state index contributed by atoms with van der Waals surface area (Å²) >= 11 is 2.33. The Bertz CT molecular complexity index is 404. The minimum absolute atomic E-state index is 0.213. The second-order valence-corrected chi connectivity index (χ2v) is 7.72. The van der Waals surface area contributed by atoms with Gasteiger partial charge in [-0.3, -0.25) is 0 Å². The van der Waals surface area contributed by atoms with Crippen LogP contribution in [0.2, 0.25) is 0 Å². The van der Waals surface area contributed by atoms with E-state index in [-0.39, 0.29) is 4.75 Å². The van der Waals surface area contributed by atoms with Crippen molar-refractivity contribution in [3.8, 4) is 0 Å². The first-order valence-electron chi connectivity index (χ1n) is 5.84. The quantitative estimate of drug-likeness (QED) is 0.512. The highest BCUT2D eigenvalue weighted by Gasteiger charge is 2.25. The summed E-state index contributed by atoms with van der Waals surface area (Å²) in [6.45, 7) is 6.57. The molecular weight excluding hydrogens is 312 g/mol. The first kappa shape index (κ1) is 15.7. The predicted octanol–water partition coefficient (Wildman–Crippen LogP) is 3.30. The molecule has 18 heavy (non-hydrogen) atoms. The minimum Gasteiger partial charge on any atom is -0.598 e. The first-order chi connectivity index (χ1) is 8.39. The molecule has 0 fully saturated rings. The maximum absolute atomic E-state index is 11.7. The molecule has 0 aromatic carbocycles. The molecule has 0 aliphatic carbocycles. The smallest absolute Gasteiger partial charge is 0.136 e. The van der Waals surface area contributed by atoms with Gasteiger partial charge < -0.3 is 4.55 Å². The van der Waals surface area contributed by atoms with Crippen LogP contribution in [-0.2, 0) is 11.4 Å². The van der Waals surface area contributed by atoms with Gasteiger partial charge >= 0.3 is 0 Å². The van der Waals surface area contributed by atoms with E-state index in [9.17, 15) is 4.55 Å². The van der Waals surface area contributed by atoms with E-state index < -0.39 is 11.4 Å². The first-order valence-corrected chi connectivity index (χ1v) is 7.78. The van der Waals surface area contributed by atoms with E-state index in [1.54, 1.807) is 0 Å². The Morgan fingerprint density at radius 1 is 1.44 bits per heavy atom. The van der Waals surface area contributed by atoms with Crippen molar-refractivity contribution in [3.63, 3.8) is 0 Å². The van der Waals surface area contributed by atoms with Crippen molar-refractivity contribution in [1.82, 2.24) is 9.71 Å². The van der Waals surface area contributed by atoms with Gasteiger partial charge in [-0.15, -0.1) is 4.72 Å². The SMILES string of the molecule is CC(C)(C)[S+]([O-])NCCC=Cc1cccc(Br)n1. The molecule has 100 valence electrons. The summed E-state index contributed by atoms with van der Waals surface area (Å²) in [5, 5.41) is 0. The number of pyridine rings is 1. The number of aromatic nitrogens is 1. The van der Waals surface area contributed by atoms with Gasteiger partial charge in [-0.1, -0.05) is 12.1 Å². The van der Waals surface area contributed by atoms with E-state index in [0.29, 0.717) is 6.54 Å². The number of nitrogens with one attached hydrogen (secondary N) is 1. The maximum atomic E-state index is 11.7. The Labute approximate surface area is 121 Å². The highest BCUT2D eigenvalue weighted by molar-refractivity contribution is 9.10. The second-order valence-electron chi connectivity index (χ2n) is 4.85. The minimum atomic E-state index is -0.996. The zero-order valence-corrected chi connectivity index (χ0v) is 13.3. The van der Waals surface area contributed by atoms with Gasteiger partial charge in [-0.05, 0) is 61.3 Å². The summed E-state index contributed by atoms with van der Waals surface area (Å²) in [6, 6.07) is 5.79. The number of nitrogens with zero attached hydrogens (tertiary/aromatic N) is 1. The summed E-state index contributed by atoms with van der Waals surface area (Å²) in [5.74, 6) is 0. The molecule has 1 heterocycles. The van der Waals surface area contributed by atoms with Gasteiger partial charge in [0.05, 0.1) is 5.69 Å². The number of rotatable bonds is 5. The molecule has 0 saturated carbocycles. The average molecular weight is 331 g/mol. The van der Waals surface area contributed by atoms with Crippen molar-refractivity contribution in [3.05, 3.63) is 34.6 Å². The van der Waals surface area contributed by atoms with Crippen molar-refractivity contribution in [2.45, 2.75) is 31.9 Å². The maximum Gasteiger partial charge on any atom is 0.136 e. The van der Waals surface area contributed by atoms with Crippen molar-refractivity contribution in [2.24, 2.45) is 0 Å². The van der Waals surface area contributed by atoms with Crippen LogP contribution in [0.3, 0.4) is 0 Å². The topological polar surface area (TPSA) is 48.0 Å². The van der Waals surface area contributed by atoms with Crippen LogP contribution in [0.5, 0.6) is 0 Å². The predicted molar refractivity (Wildman–Crippen MR) is 81.5 cm³/mol. The standard InChI is InChI=1S/C13H19BrN2OS/c1-13(2,3)18(17)15-10-5-4-7-11-8-6-9-12(14)16-11/h4,6-9,15H,5,10H2,1-3H3. The van der Waals surface area contributed by atoms with Gasteiger partial charge in [0.2, 0.25) is 0 Å². The summed E-state index contributed by atoms with van der Waals surface area (Å²) < 4.78 is 15.3. The zero-order valence-electron chi connectivity index (χ0n) is 10.9. The normalized spacial score (nSPS) is 14.1. The number of hydrogen-bond donors (Lipinski definition) is 1. The van der Waals surface area contributed by atoms with Gasteiger partial charge in [0, 0.05) is 17.9 Å². The molecule has 0 aliphatic heterocycles. The van der Waals surface area contributed by atoms with Crippen LogP contribution >= 0.6 is 15.9 Å². The molecule has 1 aromatic heterocycles. The van der Waals surface area contributed by atoms with E-state index in [1.807, 2.05) is 51.1 Å². The van der Waals surface area contributed by atoms with Crippen molar-refractivity contribution in [1.29, 1.82) is 0 Å². The molecule has 1 unspecified atom stereocenters. The molecule has 5 heteroatoms. The van der Waals surface area contributed by atoms with Gasteiger partial charge in [0.15, 0.2) is 0 Å². The third-order valence-electron chi connectivity index (χ3n) is 2.13. The number of halogens is 1. The highest BCUT2D eigenvalue weighted by Crippen LogP contribution is 2.12. The molecule has 0 spiro atoms. The average Bonchev–Trinajstić information content (AvgIpc) is 2.27. The van der Waals surface area contributed by atoms with Gasteiger partial charge in [-0.25, -0.2) is 4.98 Å². The molecular formula is C13H19BrN2OS. The lowest BCUT2D eigenvalue weighted by atomic mass is 10.3. The summed E-state index contributed by atoms with van der Waals surface area (Å²) in [4.78, 5) is 4.29. The van der Waals surface area contributed by atoms with Crippen molar-refractivity contribution < 1.29 is 4.55 Å². The van der Waals surface area contributed by atoms with Crippen LogP contribution in [0, 0.1) is 0 Å². The molecule has 3 nitrogen and oxygen atoms in total. The summed E-state index contributed by atoms with van der Waals surface area (Å²) in [7, 11) is 0. The van der Waals surface area contributed by atoms with E-state index >= 15 is 0 Å². The molecule has 1 N–H and O–H groups in total. The number of hydrogen-bond acceptors (Lipinski definition) is 3. The largest absolute Gasteiger partial charge is 0.598 e. The fourth-order valence-corrected chi connectivity index (χ4v) is 2.27. The monoisotopic (exact) mass is 330 g/mol. The molecule has 0 bridgehead atoms. The Hall–Kier alpha value is -0.360. The van der Waals surface area contributed by atoms with Crippen molar-refractivity contribution >= 4 is 33.4 Å². The Kier molecular flexibility index (Phi) is 6.35. The lowest BCUT2D eigenvalue weighted by Crippen LogP contribution is -2.39. The van der Waals surface area contributed by atoms with Crippen LogP contribution in [0.15, 0.2) is 28.9 Å². The molecule has 0 radical (unpaired) electrons. The molecule has 1 aromatic rings. The molecule has 0 aliphatic rings. The van der Waals surface area contributed by atoms with Crippen LogP contribution in [0.4, 0.5) is 0 Å². The van der Waals surface area contributed by atoms with Crippen LogP contribution < -0.4 is 4.72 Å². The summed E-state index contributed by atoms with van der Waals surface area (Å²) in [5.41, 5.74) is 0.918. The third kappa shape index (κ3) is 6.00. The van der Waals surface area contributed by atoms with Gasteiger partial charge in [0.25, 0.3) is 0 Å². The second kappa shape index (κ2) is 7.28.